The molecule has 0 spiro atoms. The van der Waals surface area contributed by atoms with Crippen molar-refractivity contribution in [2.75, 3.05) is 5.32 Å². The van der Waals surface area contributed by atoms with Gasteiger partial charge in [-0.15, -0.1) is 0 Å². The van der Waals surface area contributed by atoms with Crippen LogP contribution in [0.1, 0.15) is 29.2 Å². The number of rotatable bonds is 1. The van der Waals surface area contributed by atoms with Crippen LogP contribution in [0.4, 0.5) is 5.82 Å². The van der Waals surface area contributed by atoms with Gasteiger partial charge in [-0.05, 0) is 23.3 Å². The van der Waals surface area contributed by atoms with Crippen LogP contribution in [-0.4, -0.2) is 16.1 Å². The molecule has 0 saturated heterocycles. The molecular weight excluding hydrogens is 262 g/mol. The number of H-pyrrole nitrogens is 1. The van der Waals surface area contributed by atoms with E-state index in [0.717, 1.165) is 16.8 Å². The number of hydrogen-bond donors (Lipinski definition) is 2. The fourth-order valence-electron chi connectivity index (χ4n) is 3.14. The van der Waals surface area contributed by atoms with E-state index in [0.29, 0.717) is 12.2 Å². The predicted octanol–water partition coefficient (Wildman–Crippen LogP) is 3.35. The lowest BCUT2D eigenvalue weighted by atomic mass is 9.85. The second kappa shape index (κ2) is 4.45. The number of aromatic amines is 1. The van der Waals surface area contributed by atoms with Gasteiger partial charge in [0, 0.05) is 23.6 Å². The number of fused-ring (bicyclic) bond motifs is 2. The minimum Gasteiger partial charge on any atom is -0.309 e. The molecule has 21 heavy (non-hydrogen) atoms. The summed E-state index contributed by atoms with van der Waals surface area (Å²) in [7, 11) is 0. The lowest BCUT2D eigenvalue weighted by Gasteiger charge is -2.23. The summed E-state index contributed by atoms with van der Waals surface area (Å²) in [6.45, 7) is 2.00. The summed E-state index contributed by atoms with van der Waals surface area (Å²) >= 11 is 0. The minimum atomic E-state index is 0.0205. The Morgan fingerprint density at radius 3 is 2.81 bits per heavy atom. The van der Waals surface area contributed by atoms with Crippen LogP contribution >= 0.6 is 0 Å². The van der Waals surface area contributed by atoms with Gasteiger partial charge in [-0.3, -0.25) is 9.89 Å². The Balaban J connectivity index is 1.88. The first-order valence-corrected chi connectivity index (χ1v) is 7.06. The van der Waals surface area contributed by atoms with E-state index in [4.69, 9.17) is 0 Å². The van der Waals surface area contributed by atoms with Gasteiger partial charge >= 0.3 is 0 Å². The van der Waals surface area contributed by atoms with Gasteiger partial charge in [0.15, 0.2) is 5.82 Å². The molecule has 3 aromatic rings. The van der Waals surface area contributed by atoms with Gasteiger partial charge in [-0.25, -0.2) is 0 Å². The Bertz CT molecular complexity index is 850. The third-order valence-corrected chi connectivity index (χ3v) is 4.17. The summed E-state index contributed by atoms with van der Waals surface area (Å²) in [5, 5.41) is 12.4. The molecule has 4 heteroatoms. The molecule has 2 N–H and O–H groups in total. The van der Waals surface area contributed by atoms with Gasteiger partial charge in [-0.1, -0.05) is 42.5 Å². The van der Waals surface area contributed by atoms with E-state index in [1.807, 2.05) is 19.1 Å². The summed E-state index contributed by atoms with van der Waals surface area (Å²) in [5.74, 6) is 0.756. The SMILES string of the molecule is Cc1[nH]nc2c1[C@@H](c1ccc3ccccc3c1)CC(=O)N2. The van der Waals surface area contributed by atoms with Crippen LogP contribution in [-0.2, 0) is 4.79 Å². The van der Waals surface area contributed by atoms with Gasteiger partial charge in [0.05, 0.1) is 0 Å². The number of nitrogens with one attached hydrogen (secondary N) is 2. The maximum Gasteiger partial charge on any atom is 0.226 e. The first-order chi connectivity index (χ1) is 10.2. The Morgan fingerprint density at radius 2 is 1.95 bits per heavy atom. The van der Waals surface area contributed by atoms with Crippen LogP contribution in [0.25, 0.3) is 10.8 Å². The summed E-state index contributed by atoms with van der Waals surface area (Å²) in [4.78, 5) is 11.9. The minimum absolute atomic E-state index is 0.0205. The van der Waals surface area contributed by atoms with Crippen molar-refractivity contribution < 1.29 is 4.79 Å². The number of anilines is 1. The summed E-state index contributed by atoms with van der Waals surface area (Å²) in [6.07, 6.45) is 0.464. The van der Waals surface area contributed by atoms with Crippen LogP contribution in [0, 0.1) is 6.92 Å². The molecule has 0 radical (unpaired) electrons. The van der Waals surface area contributed by atoms with Gasteiger partial charge in [-0.2, -0.15) is 5.10 Å². The van der Waals surface area contributed by atoms with Crippen LogP contribution < -0.4 is 5.32 Å². The molecule has 0 fully saturated rings. The molecule has 1 aromatic heterocycles. The smallest absolute Gasteiger partial charge is 0.226 e. The van der Waals surface area contributed by atoms with Crippen molar-refractivity contribution in [1.29, 1.82) is 0 Å². The van der Waals surface area contributed by atoms with E-state index in [1.165, 1.54) is 10.8 Å². The number of carbonyl (C=O) groups is 1. The fraction of sp³-hybridized carbons (Fsp3) is 0.176. The van der Waals surface area contributed by atoms with E-state index >= 15 is 0 Å². The van der Waals surface area contributed by atoms with Crippen LogP contribution in [0.15, 0.2) is 42.5 Å². The molecule has 1 aliphatic rings. The normalized spacial score (nSPS) is 17.6. The third-order valence-electron chi connectivity index (χ3n) is 4.17. The highest BCUT2D eigenvalue weighted by atomic mass is 16.1. The lowest BCUT2D eigenvalue weighted by Crippen LogP contribution is -2.23. The first kappa shape index (κ1) is 12.1. The second-order valence-corrected chi connectivity index (χ2v) is 5.52. The molecule has 0 aliphatic carbocycles. The van der Waals surface area contributed by atoms with E-state index in [-0.39, 0.29) is 11.8 Å². The third kappa shape index (κ3) is 1.91. The maximum atomic E-state index is 11.9. The molecule has 2 heterocycles. The average Bonchev–Trinajstić information content (AvgIpc) is 2.87. The zero-order valence-electron chi connectivity index (χ0n) is 11.7. The van der Waals surface area contributed by atoms with E-state index in [2.05, 4.69) is 45.8 Å². The zero-order chi connectivity index (χ0) is 14.4. The van der Waals surface area contributed by atoms with Crippen LogP contribution in [0.5, 0.6) is 0 Å². The Morgan fingerprint density at radius 1 is 1.14 bits per heavy atom. The molecule has 0 bridgehead atoms. The molecular formula is C17H15N3O. The number of aromatic nitrogens is 2. The molecule has 0 unspecified atom stereocenters. The first-order valence-electron chi connectivity index (χ1n) is 7.06. The molecule has 4 rings (SSSR count). The predicted molar refractivity (Wildman–Crippen MR) is 82.4 cm³/mol. The number of hydrogen-bond acceptors (Lipinski definition) is 2. The summed E-state index contributed by atoms with van der Waals surface area (Å²) < 4.78 is 0. The highest BCUT2D eigenvalue weighted by molar-refractivity contribution is 5.94. The highest BCUT2D eigenvalue weighted by Gasteiger charge is 2.30. The number of benzene rings is 2. The molecule has 1 atom stereocenters. The molecule has 0 saturated carbocycles. The van der Waals surface area contributed by atoms with Crippen molar-refractivity contribution in [2.45, 2.75) is 19.3 Å². The quantitative estimate of drug-likeness (QED) is 0.716. The van der Waals surface area contributed by atoms with Crippen molar-refractivity contribution in [2.24, 2.45) is 0 Å². The van der Waals surface area contributed by atoms with Crippen molar-refractivity contribution in [1.82, 2.24) is 10.2 Å². The van der Waals surface area contributed by atoms with Crippen molar-refractivity contribution >= 4 is 22.5 Å². The molecule has 104 valence electrons. The standard InChI is InChI=1S/C17H15N3O/c1-10-16-14(9-15(21)18-17(16)20-19-10)13-7-6-11-4-2-3-5-12(11)8-13/h2-8,14H,9H2,1H3,(H2,18,19,20,21)/t14-/m1/s1. The number of amides is 1. The fourth-order valence-corrected chi connectivity index (χ4v) is 3.14. The Hall–Kier alpha value is -2.62. The Labute approximate surface area is 122 Å². The lowest BCUT2D eigenvalue weighted by molar-refractivity contribution is -0.116. The van der Waals surface area contributed by atoms with Gasteiger partial charge in [0.25, 0.3) is 0 Å². The van der Waals surface area contributed by atoms with E-state index in [9.17, 15) is 4.79 Å². The monoisotopic (exact) mass is 277 g/mol. The molecule has 4 nitrogen and oxygen atoms in total. The van der Waals surface area contributed by atoms with Crippen LogP contribution in [0.3, 0.4) is 0 Å². The summed E-state index contributed by atoms with van der Waals surface area (Å²) in [5.41, 5.74) is 3.28. The van der Waals surface area contributed by atoms with E-state index < -0.39 is 0 Å². The molecule has 2 aromatic carbocycles. The zero-order valence-corrected chi connectivity index (χ0v) is 11.7. The average molecular weight is 277 g/mol. The van der Waals surface area contributed by atoms with Crippen molar-refractivity contribution in [3.8, 4) is 0 Å². The highest BCUT2D eigenvalue weighted by Crippen LogP contribution is 2.38. The van der Waals surface area contributed by atoms with E-state index in [1.54, 1.807) is 0 Å². The van der Waals surface area contributed by atoms with Gasteiger partial charge in [0.1, 0.15) is 0 Å². The number of carbonyl (C=O) groups excluding carboxylic acids is 1. The number of nitrogens with zero attached hydrogens (tertiary/aromatic N) is 1. The second-order valence-electron chi connectivity index (χ2n) is 5.52. The van der Waals surface area contributed by atoms with Crippen LogP contribution in [0.2, 0.25) is 0 Å². The van der Waals surface area contributed by atoms with Crippen molar-refractivity contribution in [3.63, 3.8) is 0 Å². The molecule has 1 aliphatic heterocycles. The van der Waals surface area contributed by atoms with Gasteiger partial charge in [0.2, 0.25) is 5.91 Å². The summed E-state index contributed by atoms with van der Waals surface area (Å²) in [6, 6.07) is 14.7. The molecule has 1 amide bonds. The maximum absolute atomic E-state index is 11.9. The topological polar surface area (TPSA) is 57.8 Å². The number of aryl methyl sites for hydroxylation is 1. The largest absolute Gasteiger partial charge is 0.309 e. The van der Waals surface area contributed by atoms with Crippen molar-refractivity contribution in [3.05, 3.63) is 59.3 Å². The van der Waals surface area contributed by atoms with Gasteiger partial charge < -0.3 is 5.32 Å². The Kier molecular flexibility index (Phi) is 2.57.